The predicted octanol–water partition coefficient (Wildman–Crippen LogP) is 5.27. The number of benzene rings is 2. The van der Waals surface area contributed by atoms with Gasteiger partial charge in [0.2, 0.25) is 11.8 Å². The second-order valence-electron chi connectivity index (χ2n) is 7.54. The lowest BCUT2D eigenvalue weighted by Crippen LogP contribution is -2.51. The number of halogens is 2. The molecule has 2 rings (SSSR count). The van der Waals surface area contributed by atoms with Gasteiger partial charge in [-0.05, 0) is 55.2 Å². The number of amides is 2. The molecule has 0 saturated carbocycles. The van der Waals surface area contributed by atoms with E-state index in [0.717, 1.165) is 23.3 Å². The van der Waals surface area contributed by atoms with Crippen molar-refractivity contribution in [3.63, 3.8) is 0 Å². The van der Waals surface area contributed by atoms with Crippen LogP contribution in [-0.4, -0.2) is 35.9 Å². The molecule has 0 bridgehead atoms. The van der Waals surface area contributed by atoms with E-state index in [4.69, 9.17) is 27.9 Å². The summed E-state index contributed by atoms with van der Waals surface area (Å²) in [5.74, 6) is 0.437. The molecule has 2 amide bonds. The lowest BCUT2D eigenvalue weighted by Gasteiger charge is -2.31. The number of ether oxygens (including phenoxy) is 1. The fourth-order valence-corrected chi connectivity index (χ4v) is 3.53. The van der Waals surface area contributed by atoms with Crippen LogP contribution in [0.2, 0.25) is 10.0 Å². The molecule has 0 aliphatic carbocycles. The third kappa shape index (κ3) is 7.15. The number of nitrogens with zero attached hydrogens (tertiary/aromatic N) is 1. The van der Waals surface area contributed by atoms with Crippen molar-refractivity contribution in [3.8, 4) is 5.75 Å². The second-order valence-corrected chi connectivity index (χ2v) is 8.35. The van der Waals surface area contributed by atoms with Crippen LogP contribution >= 0.6 is 23.2 Å². The molecule has 0 aliphatic rings. The van der Waals surface area contributed by atoms with Crippen molar-refractivity contribution in [1.29, 1.82) is 0 Å². The molecule has 7 heteroatoms. The Balaban J connectivity index is 2.30. The maximum absolute atomic E-state index is 13.3. The summed E-state index contributed by atoms with van der Waals surface area (Å²) < 4.78 is 5.22. The maximum Gasteiger partial charge on any atom is 0.243 e. The average molecular weight is 465 g/mol. The molecule has 1 N–H and O–H groups in total. The SMILES string of the molecule is CC[C@H](C(=O)N[C@@H](C)CC)N(Cc1ccc(OC)cc1)C(=O)Cc1ccc(Cl)c(Cl)c1. The van der Waals surface area contributed by atoms with Crippen LogP contribution < -0.4 is 10.1 Å². The smallest absolute Gasteiger partial charge is 0.243 e. The molecule has 0 unspecified atom stereocenters. The molecule has 2 aromatic carbocycles. The van der Waals surface area contributed by atoms with Gasteiger partial charge in [-0.25, -0.2) is 0 Å². The summed E-state index contributed by atoms with van der Waals surface area (Å²) in [5.41, 5.74) is 1.66. The van der Waals surface area contributed by atoms with Gasteiger partial charge in [-0.3, -0.25) is 9.59 Å². The Hall–Kier alpha value is -2.24. The standard InChI is InChI=1S/C24H30Cl2N2O3/c1-5-16(3)27-24(30)22(6-2)28(15-17-7-10-19(31-4)11-8-17)23(29)14-18-9-12-20(25)21(26)13-18/h7-13,16,22H,5-6,14-15H2,1-4H3,(H,27,30)/t16-,22+/m0/s1. The fraction of sp³-hybridized carbons (Fsp3) is 0.417. The first-order valence-corrected chi connectivity index (χ1v) is 11.2. The molecule has 0 spiro atoms. The average Bonchev–Trinajstić information content (AvgIpc) is 2.76. The Kier molecular flexibility index (Phi) is 9.66. The van der Waals surface area contributed by atoms with E-state index in [1.807, 2.05) is 45.0 Å². The highest BCUT2D eigenvalue weighted by atomic mass is 35.5. The van der Waals surface area contributed by atoms with E-state index in [2.05, 4.69) is 5.32 Å². The number of carbonyl (C=O) groups excluding carboxylic acids is 2. The van der Waals surface area contributed by atoms with Gasteiger partial charge in [0.15, 0.2) is 0 Å². The zero-order valence-corrected chi connectivity index (χ0v) is 20.0. The summed E-state index contributed by atoms with van der Waals surface area (Å²) >= 11 is 12.1. The van der Waals surface area contributed by atoms with Crippen LogP contribution in [-0.2, 0) is 22.6 Å². The van der Waals surface area contributed by atoms with Gasteiger partial charge in [0.1, 0.15) is 11.8 Å². The van der Waals surface area contributed by atoms with Crippen LogP contribution in [0.15, 0.2) is 42.5 Å². The summed E-state index contributed by atoms with van der Waals surface area (Å²) in [7, 11) is 1.61. The Morgan fingerprint density at radius 1 is 1.00 bits per heavy atom. The number of methoxy groups -OCH3 is 1. The van der Waals surface area contributed by atoms with E-state index in [-0.39, 0.29) is 24.3 Å². The van der Waals surface area contributed by atoms with Crippen molar-refractivity contribution < 1.29 is 14.3 Å². The third-order valence-electron chi connectivity index (χ3n) is 5.24. The zero-order valence-electron chi connectivity index (χ0n) is 18.5. The predicted molar refractivity (Wildman–Crippen MR) is 126 cm³/mol. The molecule has 0 aliphatic heterocycles. The molecular weight excluding hydrogens is 435 g/mol. The largest absolute Gasteiger partial charge is 0.497 e. The van der Waals surface area contributed by atoms with Crippen LogP contribution in [0.4, 0.5) is 0 Å². The summed E-state index contributed by atoms with van der Waals surface area (Å²) in [6.07, 6.45) is 1.45. The van der Waals surface area contributed by atoms with E-state index in [1.54, 1.807) is 30.2 Å². The van der Waals surface area contributed by atoms with E-state index >= 15 is 0 Å². The van der Waals surface area contributed by atoms with Crippen molar-refractivity contribution >= 4 is 35.0 Å². The third-order valence-corrected chi connectivity index (χ3v) is 5.98. The maximum atomic E-state index is 13.3. The Morgan fingerprint density at radius 3 is 2.19 bits per heavy atom. The van der Waals surface area contributed by atoms with Crippen LogP contribution in [0.25, 0.3) is 0 Å². The van der Waals surface area contributed by atoms with Gasteiger partial charge in [0.05, 0.1) is 23.6 Å². The monoisotopic (exact) mass is 464 g/mol. The van der Waals surface area contributed by atoms with Crippen molar-refractivity contribution in [1.82, 2.24) is 10.2 Å². The van der Waals surface area contributed by atoms with Gasteiger partial charge in [0.25, 0.3) is 0 Å². The summed E-state index contributed by atoms with van der Waals surface area (Å²) in [6.45, 7) is 6.19. The summed E-state index contributed by atoms with van der Waals surface area (Å²) in [6, 6.07) is 12.1. The first kappa shape index (κ1) is 25.0. The minimum absolute atomic E-state index is 0.0366. The number of carbonyl (C=O) groups is 2. The van der Waals surface area contributed by atoms with Gasteiger partial charge in [-0.2, -0.15) is 0 Å². The van der Waals surface area contributed by atoms with Crippen molar-refractivity contribution in [2.24, 2.45) is 0 Å². The van der Waals surface area contributed by atoms with Crippen molar-refractivity contribution in [2.45, 2.75) is 58.7 Å². The second kappa shape index (κ2) is 12.0. The van der Waals surface area contributed by atoms with E-state index in [1.165, 1.54) is 0 Å². The lowest BCUT2D eigenvalue weighted by atomic mass is 10.1. The normalized spacial score (nSPS) is 12.7. The molecule has 2 aromatic rings. The lowest BCUT2D eigenvalue weighted by molar-refractivity contribution is -0.141. The topological polar surface area (TPSA) is 58.6 Å². The molecule has 31 heavy (non-hydrogen) atoms. The van der Waals surface area contributed by atoms with E-state index in [9.17, 15) is 9.59 Å². The molecular formula is C24H30Cl2N2O3. The summed E-state index contributed by atoms with van der Waals surface area (Å²) in [5, 5.41) is 3.84. The highest BCUT2D eigenvalue weighted by Crippen LogP contribution is 2.24. The van der Waals surface area contributed by atoms with Gasteiger partial charge < -0.3 is 15.0 Å². The molecule has 0 fully saturated rings. The highest BCUT2D eigenvalue weighted by Gasteiger charge is 2.29. The number of nitrogens with one attached hydrogen (secondary N) is 1. The number of hydrogen-bond donors (Lipinski definition) is 1. The quantitative estimate of drug-likeness (QED) is 0.520. The van der Waals surface area contributed by atoms with Gasteiger partial charge in [0, 0.05) is 12.6 Å². The molecule has 0 radical (unpaired) electrons. The van der Waals surface area contributed by atoms with Crippen LogP contribution in [0.5, 0.6) is 5.75 Å². The molecule has 0 saturated heterocycles. The van der Waals surface area contributed by atoms with Gasteiger partial charge >= 0.3 is 0 Å². The minimum Gasteiger partial charge on any atom is -0.497 e. The zero-order chi connectivity index (χ0) is 23.0. The molecule has 5 nitrogen and oxygen atoms in total. The van der Waals surface area contributed by atoms with Crippen molar-refractivity contribution in [3.05, 3.63) is 63.6 Å². The first-order chi connectivity index (χ1) is 14.8. The van der Waals surface area contributed by atoms with E-state index < -0.39 is 6.04 Å². The minimum atomic E-state index is -0.577. The van der Waals surface area contributed by atoms with Gasteiger partial charge in [-0.1, -0.05) is 55.2 Å². The Labute approximate surface area is 194 Å². The van der Waals surface area contributed by atoms with Crippen LogP contribution in [0.3, 0.4) is 0 Å². The first-order valence-electron chi connectivity index (χ1n) is 10.5. The number of rotatable bonds is 10. The van der Waals surface area contributed by atoms with Gasteiger partial charge in [-0.15, -0.1) is 0 Å². The number of hydrogen-bond acceptors (Lipinski definition) is 3. The Bertz CT molecular complexity index is 887. The van der Waals surface area contributed by atoms with Crippen LogP contribution in [0, 0.1) is 0 Å². The molecule has 168 valence electrons. The fourth-order valence-electron chi connectivity index (χ4n) is 3.21. The Morgan fingerprint density at radius 2 is 1.65 bits per heavy atom. The van der Waals surface area contributed by atoms with Crippen LogP contribution in [0.1, 0.15) is 44.7 Å². The highest BCUT2D eigenvalue weighted by molar-refractivity contribution is 6.42. The molecule has 2 atom stereocenters. The summed E-state index contributed by atoms with van der Waals surface area (Å²) in [4.78, 5) is 28.0. The van der Waals surface area contributed by atoms with E-state index in [0.29, 0.717) is 23.0 Å². The van der Waals surface area contributed by atoms with Crippen molar-refractivity contribution in [2.75, 3.05) is 7.11 Å². The molecule has 0 heterocycles. The molecule has 0 aromatic heterocycles.